The smallest absolute Gasteiger partial charge is 0.313 e. The van der Waals surface area contributed by atoms with E-state index >= 15 is 0 Å². The first-order chi connectivity index (χ1) is 11.7. The van der Waals surface area contributed by atoms with Crippen molar-refractivity contribution in [2.75, 3.05) is 0 Å². The zero-order valence-corrected chi connectivity index (χ0v) is 13.0. The van der Waals surface area contributed by atoms with Gasteiger partial charge in [0.2, 0.25) is 0 Å². The monoisotopic (exact) mass is 323 g/mol. The van der Waals surface area contributed by atoms with Crippen LogP contribution in [0.4, 0.5) is 0 Å². The molecule has 0 amide bonds. The molecule has 7 heteroatoms. The molecule has 2 saturated carbocycles. The number of nitrogens with zero attached hydrogens (tertiary/aromatic N) is 3. The normalized spacial score (nSPS) is 22.8. The average molecular weight is 323 g/mol. The van der Waals surface area contributed by atoms with Crippen LogP contribution in [0.2, 0.25) is 0 Å². The molecule has 2 fully saturated rings. The fourth-order valence-corrected chi connectivity index (χ4v) is 3.62. The summed E-state index contributed by atoms with van der Waals surface area (Å²) in [5.74, 6) is 2.14. The van der Waals surface area contributed by atoms with E-state index in [1.807, 2.05) is 6.07 Å². The lowest BCUT2D eigenvalue weighted by Crippen LogP contribution is -2.23. The topological polar surface area (TPSA) is 95.9 Å². The molecule has 3 aromatic heterocycles. The van der Waals surface area contributed by atoms with Gasteiger partial charge in [-0.05, 0) is 36.7 Å². The zero-order valence-electron chi connectivity index (χ0n) is 13.0. The van der Waals surface area contributed by atoms with Crippen LogP contribution in [0, 0.1) is 11.8 Å². The first-order valence-electron chi connectivity index (χ1n) is 8.35. The summed E-state index contributed by atoms with van der Waals surface area (Å²) >= 11 is 0. The van der Waals surface area contributed by atoms with Gasteiger partial charge >= 0.3 is 5.69 Å². The fourth-order valence-electron chi connectivity index (χ4n) is 3.62. The van der Waals surface area contributed by atoms with E-state index in [2.05, 4.69) is 20.1 Å². The summed E-state index contributed by atoms with van der Waals surface area (Å²) in [5, 5.41) is 4.48. The highest BCUT2D eigenvalue weighted by Gasteiger charge is 2.43. The summed E-state index contributed by atoms with van der Waals surface area (Å²) < 4.78 is 1.72. The van der Waals surface area contributed by atoms with Gasteiger partial charge in [-0.15, -0.1) is 0 Å². The second kappa shape index (κ2) is 4.90. The maximum atomic E-state index is 12.1. The third-order valence-corrected chi connectivity index (χ3v) is 5.14. The third kappa shape index (κ3) is 2.28. The number of imidazole rings is 1. The predicted molar refractivity (Wildman–Crippen MR) is 87.9 cm³/mol. The molecule has 0 aromatic carbocycles. The highest BCUT2D eigenvalue weighted by atomic mass is 16.2. The van der Waals surface area contributed by atoms with Crippen LogP contribution < -0.4 is 11.2 Å². The number of aromatic nitrogens is 5. The Balaban J connectivity index is 1.60. The van der Waals surface area contributed by atoms with Crippen LogP contribution in [0.3, 0.4) is 0 Å². The maximum Gasteiger partial charge on any atom is 0.325 e. The van der Waals surface area contributed by atoms with Crippen LogP contribution in [-0.4, -0.2) is 24.6 Å². The van der Waals surface area contributed by atoms with Crippen molar-refractivity contribution in [3.63, 3.8) is 0 Å². The van der Waals surface area contributed by atoms with E-state index in [0.29, 0.717) is 17.2 Å². The SMILES string of the molecule is O=c1[nH]cc(-c2cc([C@@H]3C[C@H]3CC3CC3)c3nccn3n2)c(=O)[nH]1. The summed E-state index contributed by atoms with van der Waals surface area (Å²) in [4.78, 5) is 32.5. The molecule has 0 radical (unpaired) electrons. The minimum Gasteiger partial charge on any atom is -0.313 e. The number of hydrogen-bond acceptors (Lipinski definition) is 4. The molecule has 2 atom stereocenters. The van der Waals surface area contributed by atoms with Gasteiger partial charge < -0.3 is 4.98 Å². The Kier molecular flexibility index (Phi) is 2.80. The van der Waals surface area contributed by atoms with Crippen molar-refractivity contribution in [2.24, 2.45) is 11.8 Å². The lowest BCUT2D eigenvalue weighted by molar-refractivity contribution is 0.636. The van der Waals surface area contributed by atoms with Crippen molar-refractivity contribution in [3.05, 3.63) is 51.1 Å². The van der Waals surface area contributed by atoms with Crippen LogP contribution in [0.25, 0.3) is 16.9 Å². The molecule has 2 aliphatic carbocycles. The molecule has 7 nitrogen and oxygen atoms in total. The van der Waals surface area contributed by atoms with E-state index in [4.69, 9.17) is 0 Å². The summed E-state index contributed by atoms with van der Waals surface area (Å²) in [7, 11) is 0. The molecular weight excluding hydrogens is 306 g/mol. The van der Waals surface area contributed by atoms with Gasteiger partial charge in [0.25, 0.3) is 5.56 Å². The van der Waals surface area contributed by atoms with Crippen LogP contribution in [-0.2, 0) is 0 Å². The highest BCUT2D eigenvalue weighted by molar-refractivity contribution is 5.62. The quantitative estimate of drug-likeness (QED) is 0.763. The molecule has 0 bridgehead atoms. The summed E-state index contributed by atoms with van der Waals surface area (Å²) in [6, 6.07) is 1.96. The Morgan fingerprint density at radius 1 is 1.29 bits per heavy atom. The van der Waals surface area contributed by atoms with E-state index in [1.54, 1.807) is 16.9 Å². The zero-order chi connectivity index (χ0) is 16.3. The lowest BCUT2D eigenvalue weighted by Gasteiger charge is -2.07. The number of aromatic amines is 2. The Hall–Kier alpha value is -2.70. The molecule has 0 spiro atoms. The van der Waals surface area contributed by atoms with Gasteiger partial charge in [-0.2, -0.15) is 5.10 Å². The van der Waals surface area contributed by atoms with Crippen LogP contribution in [0.5, 0.6) is 0 Å². The molecule has 0 unspecified atom stereocenters. The van der Waals surface area contributed by atoms with E-state index in [-0.39, 0.29) is 0 Å². The summed E-state index contributed by atoms with van der Waals surface area (Å²) in [5.41, 5.74) is 2.00. The Morgan fingerprint density at radius 3 is 2.96 bits per heavy atom. The number of fused-ring (bicyclic) bond motifs is 1. The van der Waals surface area contributed by atoms with Gasteiger partial charge in [0.1, 0.15) is 0 Å². The molecule has 2 aliphatic rings. The number of nitrogens with one attached hydrogen (secondary N) is 2. The fraction of sp³-hybridized carbons (Fsp3) is 0.412. The number of H-pyrrole nitrogens is 2. The molecule has 5 rings (SSSR count). The number of rotatable bonds is 4. The van der Waals surface area contributed by atoms with Crippen molar-refractivity contribution in [3.8, 4) is 11.3 Å². The predicted octanol–water partition coefficient (Wildman–Crippen LogP) is 1.68. The van der Waals surface area contributed by atoms with Gasteiger partial charge in [-0.1, -0.05) is 12.8 Å². The molecule has 24 heavy (non-hydrogen) atoms. The van der Waals surface area contributed by atoms with Gasteiger partial charge in [-0.3, -0.25) is 9.78 Å². The van der Waals surface area contributed by atoms with E-state index in [1.165, 1.54) is 31.9 Å². The van der Waals surface area contributed by atoms with Crippen molar-refractivity contribution in [2.45, 2.75) is 31.6 Å². The lowest BCUT2D eigenvalue weighted by atomic mass is 10.1. The maximum absolute atomic E-state index is 12.1. The average Bonchev–Trinajstić information content (AvgIpc) is 3.47. The summed E-state index contributed by atoms with van der Waals surface area (Å²) in [6.45, 7) is 0. The standard InChI is InChI=1S/C17H17N5O2/c23-16-13(8-19-17(24)20-16)14-7-12(15-18-3-4-22(15)21-14)11-6-10(11)5-9-1-2-9/h3-4,7-11H,1-2,5-6H2,(H2,19,20,23,24)/t10-,11-/m1/s1. The Morgan fingerprint density at radius 2 is 2.17 bits per heavy atom. The van der Waals surface area contributed by atoms with Gasteiger partial charge in [0.05, 0.1) is 11.3 Å². The van der Waals surface area contributed by atoms with Crippen molar-refractivity contribution >= 4 is 5.65 Å². The Bertz CT molecular complexity index is 1040. The van der Waals surface area contributed by atoms with Crippen LogP contribution >= 0.6 is 0 Å². The molecule has 0 aliphatic heterocycles. The highest BCUT2D eigenvalue weighted by Crippen LogP contribution is 2.55. The van der Waals surface area contributed by atoms with E-state index in [9.17, 15) is 9.59 Å². The minimum absolute atomic E-state index is 0.367. The first kappa shape index (κ1) is 13.7. The second-order valence-electron chi connectivity index (χ2n) is 6.95. The number of hydrogen-bond donors (Lipinski definition) is 2. The molecule has 3 heterocycles. The molecule has 0 saturated heterocycles. The molecule has 3 aromatic rings. The van der Waals surface area contributed by atoms with Gasteiger partial charge in [-0.25, -0.2) is 14.3 Å². The molecule has 2 N–H and O–H groups in total. The molecule has 122 valence electrons. The van der Waals surface area contributed by atoms with Gasteiger partial charge in [0, 0.05) is 24.2 Å². The minimum atomic E-state index is -0.514. The second-order valence-corrected chi connectivity index (χ2v) is 6.95. The van der Waals surface area contributed by atoms with E-state index < -0.39 is 11.2 Å². The van der Waals surface area contributed by atoms with Gasteiger partial charge in [0.15, 0.2) is 5.65 Å². The van der Waals surface area contributed by atoms with Crippen molar-refractivity contribution in [1.82, 2.24) is 24.6 Å². The largest absolute Gasteiger partial charge is 0.325 e. The third-order valence-electron chi connectivity index (χ3n) is 5.14. The van der Waals surface area contributed by atoms with E-state index in [0.717, 1.165) is 23.0 Å². The Labute approximate surface area is 136 Å². The van der Waals surface area contributed by atoms with Crippen molar-refractivity contribution in [1.29, 1.82) is 0 Å². The van der Waals surface area contributed by atoms with Crippen LogP contribution in [0.1, 0.15) is 37.2 Å². The van der Waals surface area contributed by atoms with Crippen molar-refractivity contribution < 1.29 is 0 Å². The summed E-state index contributed by atoms with van der Waals surface area (Å²) in [6.07, 6.45) is 10.2. The first-order valence-corrected chi connectivity index (χ1v) is 8.35. The van der Waals surface area contributed by atoms with Crippen LogP contribution in [0.15, 0.2) is 34.2 Å². The molecular formula is C17H17N5O2.